The molecule has 0 bridgehead atoms. The van der Waals surface area contributed by atoms with Crippen LogP contribution in [0.2, 0.25) is 0 Å². The van der Waals surface area contributed by atoms with Gasteiger partial charge in [0, 0.05) is 19.2 Å². The first-order chi connectivity index (χ1) is 10.9. The summed E-state index contributed by atoms with van der Waals surface area (Å²) < 4.78 is 38.1. The minimum atomic E-state index is -3.54. The van der Waals surface area contributed by atoms with Gasteiger partial charge in [0.15, 0.2) is 11.5 Å². The van der Waals surface area contributed by atoms with E-state index in [2.05, 4.69) is 0 Å². The molecule has 1 atom stereocenters. The summed E-state index contributed by atoms with van der Waals surface area (Å²) in [6.45, 7) is 3.45. The Morgan fingerprint density at radius 3 is 2.52 bits per heavy atom. The van der Waals surface area contributed by atoms with E-state index in [1.165, 1.54) is 14.2 Å². The summed E-state index contributed by atoms with van der Waals surface area (Å²) in [5, 5.41) is 0. The normalized spacial score (nSPS) is 19.6. The van der Waals surface area contributed by atoms with E-state index < -0.39 is 10.0 Å². The molecule has 1 aliphatic heterocycles. The number of methoxy groups -OCH3 is 2. The Labute approximate surface area is 138 Å². The Kier molecular flexibility index (Phi) is 5.89. The lowest BCUT2D eigenvalue weighted by Gasteiger charge is -2.32. The first-order valence-electron chi connectivity index (χ1n) is 7.86. The molecule has 1 aliphatic rings. The molecule has 0 saturated carbocycles. The maximum atomic E-state index is 13.0. The van der Waals surface area contributed by atoms with Crippen LogP contribution in [-0.2, 0) is 10.0 Å². The van der Waals surface area contributed by atoms with Crippen molar-refractivity contribution in [2.24, 2.45) is 11.7 Å². The van der Waals surface area contributed by atoms with Crippen LogP contribution in [0.15, 0.2) is 17.0 Å². The van der Waals surface area contributed by atoms with Crippen molar-refractivity contribution >= 4 is 10.0 Å². The number of hydrogen-bond acceptors (Lipinski definition) is 5. The minimum Gasteiger partial charge on any atom is -0.493 e. The molecule has 2 N–H and O–H groups in total. The molecule has 0 aliphatic carbocycles. The van der Waals surface area contributed by atoms with Crippen molar-refractivity contribution in [3.63, 3.8) is 0 Å². The summed E-state index contributed by atoms with van der Waals surface area (Å²) in [6.07, 6.45) is 2.77. The van der Waals surface area contributed by atoms with Gasteiger partial charge in [0.2, 0.25) is 10.0 Å². The maximum absolute atomic E-state index is 13.0. The Morgan fingerprint density at radius 2 is 1.91 bits per heavy atom. The van der Waals surface area contributed by atoms with Gasteiger partial charge in [-0.2, -0.15) is 4.31 Å². The molecule has 0 aromatic heterocycles. The molecular formula is C16H26N2O4S. The van der Waals surface area contributed by atoms with Gasteiger partial charge in [0.1, 0.15) is 0 Å². The number of piperidine rings is 1. The van der Waals surface area contributed by atoms with Crippen molar-refractivity contribution < 1.29 is 17.9 Å². The van der Waals surface area contributed by atoms with Crippen LogP contribution in [0.25, 0.3) is 0 Å². The molecule has 0 radical (unpaired) electrons. The number of aryl methyl sites for hydroxylation is 1. The molecule has 7 heteroatoms. The fourth-order valence-corrected chi connectivity index (χ4v) is 4.87. The van der Waals surface area contributed by atoms with E-state index in [4.69, 9.17) is 15.2 Å². The highest BCUT2D eigenvalue weighted by atomic mass is 32.2. The Morgan fingerprint density at radius 1 is 1.26 bits per heavy atom. The standard InChI is InChI=1S/C16H26N2O4S/c1-12-9-14(21-2)15(22-3)10-16(12)23(19,20)18-8-4-5-13(11-18)6-7-17/h9-10,13H,4-8,11,17H2,1-3H3. The van der Waals surface area contributed by atoms with Gasteiger partial charge in [-0.3, -0.25) is 0 Å². The van der Waals surface area contributed by atoms with Crippen LogP contribution in [-0.4, -0.2) is 46.6 Å². The predicted octanol–water partition coefficient (Wildman–Crippen LogP) is 1.76. The van der Waals surface area contributed by atoms with E-state index in [1.54, 1.807) is 23.4 Å². The van der Waals surface area contributed by atoms with Crippen LogP contribution in [0, 0.1) is 12.8 Å². The minimum absolute atomic E-state index is 0.281. The van der Waals surface area contributed by atoms with Crippen LogP contribution < -0.4 is 15.2 Å². The van der Waals surface area contributed by atoms with Gasteiger partial charge < -0.3 is 15.2 Å². The van der Waals surface area contributed by atoms with Gasteiger partial charge in [0.25, 0.3) is 0 Å². The lowest BCUT2D eigenvalue weighted by molar-refractivity contribution is 0.258. The second kappa shape index (κ2) is 7.51. The number of rotatable bonds is 6. The van der Waals surface area contributed by atoms with Gasteiger partial charge in [-0.15, -0.1) is 0 Å². The van der Waals surface area contributed by atoms with Crippen LogP contribution in [0.4, 0.5) is 0 Å². The fraction of sp³-hybridized carbons (Fsp3) is 0.625. The Balaban J connectivity index is 2.35. The van der Waals surface area contributed by atoms with Gasteiger partial charge in [-0.05, 0) is 50.3 Å². The van der Waals surface area contributed by atoms with Gasteiger partial charge >= 0.3 is 0 Å². The van der Waals surface area contributed by atoms with Gasteiger partial charge in [-0.25, -0.2) is 8.42 Å². The zero-order valence-electron chi connectivity index (χ0n) is 14.0. The van der Waals surface area contributed by atoms with E-state index in [1.807, 2.05) is 0 Å². The third kappa shape index (κ3) is 3.79. The number of nitrogens with two attached hydrogens (primary N) is 1. The highest BCUT2D eigenvalue weighted by Gasteiger charge is 2.31. The molecule has 1 unspecified atom stereocenters. The average Bonchev–Trinajstić information content (AvgIpc) is 2.54. The lowest BCUT2D eigenvalue weighted by Crippen LogP contribution is -2.40. The highest BCUT2D eigenvalue weighted by molar-refractivity contribution is 7.89. The number of sulfonamides is 1. The smallest absolute Gasteiger partial charge is 0.243 e. The topological polar surface area (TPSA) is 81.9 Å². The van der Waals surface area contributed by atoms with E-state index in [9.17, 15) is 8.42 Å². The summed E-state index contributed by atoms with van der Waals surface area (Å²) >= 11 is 0. The first-order valence-corrected chi connectivity index (χ1v) is 9.30. The van der Waals surface area contributed by atoms with E-state index >= 15 is 0 Å². The molecule has 2 rings (SSSR count). The van der Waals surface area contributed by atoms with Crippen molar-refractivity contribution in [2.75, 3.05) is 33.9 Å². The molecule has 0 amide bonds. The maximum Gasteiger partial charge on any atom is 0.243 e. The number of ether oxygens (including phenoxy) is 2. The van der Waals surface area contributed by atoms with E-state index in [0.717, 1.165) is 19.3 Å². The molecule has 6 nitrogen and oxygen atoms in total. The van der Waals surface area contributed by atoms with E-state index in [-0.39, 0.29) is 4.90 Å². The van der Waals surface area contributed by atoms with Crippen molar-refractivity contribution in [1.29, 1.82) is 0 Å². The summed E-state index contributed by atoms with van der Waals surface area (Å²) in [7, 11) is -0.508. The SMILES string of the molecule is COc1cc(C)c(S(=O)(=O)N2CCCC(CCN)C2)cc1OC. The number of benzene rings is 1. The predicted molar refractivity (Wildman–Crippen MR) is 89.4 cm³/mol. The first kappa shape index (κ1) is 18.0. The summed E-state index contributed by atoms with van der Waals surface area (Å²) in [4.78, 5) is 0.281. The zero-order chi connectivity index (χ0) is 17.0. The lowest BCUT2D eigenvalue weighted by atomic mass is 9.96. The number of nitrogens with zero attached hydrogens (tertiary/aromatic N) is 1. The molecule has 1 saturated heterocycles. The molecule has 1 aromatic carbocycles. The summed E-state index contributed by atoms with van der Waals surface area (Å²) in [5.41, 5.74) is 6.28. The van der Waals surface area contributed by atoms with E-state index in [0.29, 0.717) is 42.6 Å². The second-order valence-corrected chi connectivity index (χ2v) is 7.83. The Bertz CT molecular complexity index is 644. The largest absolute Gasteiger partial charge is 0.493 e. The molecule has 23 heavy (non-hydrogen) atoms. The van der Waals surface area contributed by atoms with Crippen LogP contribution >= 0.6 is 0 Å². The van der Waals surface area contributed by atoms with Gasteiger partial charge in [-0.1, -0.05) is 0 Å². The Hall–Kier alpha value is -1.31. The van der Waals surface area contributed by atoms with Gasteiger partial charge in [0.05, 0.1) is 19.1 Å². The summed E-state index contributed by atoms with van der Waals surface area (Å²) in [6, 6.07) is 3.25. The molecule has 1 fully saturated rings. The second-order valence-electron chi connectivity index (χ2n) is 5.92. The summed E-state index contributed by atoms with van der Waals surface area (Å²) in [5.74, 6) is 1.29. The van der Waals surface area contributed by atoms with Crippen molar-refractivity contribution in [3.05, 3.63) is 17.7 Å². The van der Waals surface area contributed by atoms with Crippen LogP contribution in [0.5, 0.6) is 11.5 Å². The number of hydrogen-bond donors (Lipinski definition) is 1. The third-order valence-electron chi connectivity index (χ3n) is 4.36. The fourth-order valence-electron chi connectivity index (χ4n) is 3.10. The quantitative estimate of drug-likeness (QED) is 0.852. The average molecular weight is 342 g/mol. The van der Waals surface area contributed by atoms with Crippen LogP contribution in [0.1, 0.15) is 24.8 Å². The van der Waals surface area contributed by atoms with Crippen molar-refractivity contribution in [2.45, 2.75) is 31.1 Å². The molecule has 130 valence electrons. The molecular weight excluding hydrogens is 316 g/mol. The van der Waals surface area contributed by atoms with Crippen LogP contribution in [0.3, 0.4) is 0 Å². The zero-order valence-corrected chi connectivity index (χ0v) is 14.9. The monoisotopic (exact) mass is 342 g/mol. The molecule has 1 aromatic rings. The molecule has 0 spiro atoms. The van der Waals surface area contributed by atoms with Crippen molar-refractivity contribution in [1.82, 2.24) is 4.31 Å². The third-order valence-corrected chi connectivity index (χ3v) is 6.36. The van der Waals surface area contributed by atoms with Crippen molar-refractivity contribution in [3.8, 4) is 11.5 Å². The highest BCUT2D eigenvalue weighted by Crippen LogP contribution is 2.34. The molecule has 1 heterocycles.